The van der Waals surface area contributed by atoms with E-state index in [0.29, 0.717) is 12.4 Å². The van der Waals surface area contributed by atoms with Gasteiger partial charge in [-0.25, -0.2) is 9.78 Å². The SMILES string of the molecule is O=C(Nc1nccn1-c1ccccc1)N1C[C@@H](O)C[C@H]1CO. The number of aliphatic hydroxyl groups is 2. The average molecular weight is 302 g/mol. The van der Waals surface area contributed by atoms with Gasteiger partial charge in [-0.1, -0.05) is 18.2 Å². The number of β-amino-alcohol motifs (C(OH)–C–C–N with tert-alkyl or cyclic N) is 1. The van der Waals surface area contributed by atoms with Gasteiger partial charge >= 0.3 is 6.03 Å². The maximum Gasteiger partial charge on any atom is 0.324 e. The zero-order chi connectivity index (χ0) is 15.5. The van der Waals surface area contributed by atoms with Crippen molar-refractivity contribution in [1.82, 2.24) is 14.5 Å². The minimum atomic E-state index is -0.600. The van der Waals surface area contributed by atoms with E-state index in [4.69, 9.17) is 0 Å². The van der Waals surface area contributed by atoms with Crippen LogP contribution in [0.1, 0.15) is 6.42 Å². The third-order valence-corrected chi connectivity index (χ3v) is 3.76. The molecule has 2 heterocycles. The quantitative estimate of drug-likeness (QED) is 0.783. The Labute approximate surface area is 127 Å². The second-order valence-electron chi connectivity index (χ2n) is 5.26. The van der Waals surface area contributed by atoms with Crippen LogP contribution in [0.5, 0.6) is 0 Å². The van der Waals surface area contributed by atoms with Gasteiger partial charge in [0.25, 0.3) is 0 Å². The number of rotatable bonds is 3. The Kier molecular flexibility index (Phi) is 4.08. The minimum absolute atomic E-state index is 0.169. The van der Waals surface area contributed by atoms with Crippen LogP contribution in [0.2, 0.25) is 0 Å². The Balaban J connectivity index is 1.77. The van der Waals surface area contributed by atoms with Crippen molar-refractivity contribution in [1.29, 1.82) is 0 Å². The molecule has 7 heteroatoms. The first kappa shape index (κ1) is 14.6. The number of carbonyl (C=O) groups is 1. The van der Waals surface area contributed by atoms with Crippen molar-refractivity contribution in [2.45, 2.75) is 18.6 Å². The van der Waals surface area contributed by atoms with Crippen molar-refractivity contribution >= 4 is 12.0 Å². The molecule has 2 amide bonds. The second-order valence-corrected chi connectivity index (χ2v) is 5.26. The van der Waals surface area contributed by atoms with E-state index >= 15 is 0 Å². The van der Waals surface area contributed by atoms with Gasteiger partial charge < -0.3 is 15.1 Å². The number of hydrogen-bond acceptors (Lipinski definition) is 4. The summed E-state index contributed by atoms with van der Waals surface area (Å²) in [6.45, 7) is 0.0424. The third-order valence-electron chi connectivity index (χ3n) is 3.76. The molecule has 7 nitrogen and oxygen atoms in total. The summed E-state index contributed by atoms with van der Waals surface area (Å²) in [7, 11) is 0. The molecule has 0 aliphatic carbocycles. The smallest absolute Gasteiger partial charge is 0.324 e. The maximum absolute atomic E-state index is 12.4. The lowest BCUT2D eigenvalue weighted by Crippen LogP contribution is -2.41. The third kappa shape index (κ3) is 2.81. The number of urea groups is 1. The van der Waals surface area contributed by atoms with E-state index in [-0.39, 0.29) is 25.2 Å². The molecule has 22 heavy (non-hydrogen) atoms. The second kappa shape index (κ2) is 6.17. The highest BCUT2D eigenvalue weighted by atomic mass is 16.3. The van der Waals surface area contributed by atoms with E-state index in [1.165, 1.54) is 4.90 Å². The molecular formula is C15H18N4O3. The van der Waals surface area contributed by atoms with E-state index < -0.39 is 6.10 Å². The Morgan fingerprint density at radius 3 is 2.86 bits per heavy atom. The van der Waals surface area contributed by atoms with Gasteiger partial charge in [-0.15, -0.1) is 0 Å². The molecule has 0 spiro atoms. The highest BCUT2D eigenvalue weighted by Gasteiger charge is 2.34. The molecule has 2 atom stereocenters. The number of para-hydroxylation sites is 1. The molecule has 1 fully saturated rings. The number of nitrogens with one attached hydrogen (secondary N) is 1. The van der Waals surface area contributed by atoms with Gasteiger partial charge in [0, 0.05) is 24.6 Å². The molecule has 0 radical (unpaired) electrons. The molecule has 2 aromatic rings. The maximum atomic E-state index is 12.4. The summed E-state index contributed by atoms with van der Waals surface area (Å²) in [5, 5.41) is 21.7. The van der Waals surface area contributed by atoms with Gasteiger partial charge in [0.15, 0.2) is 0 Å². The van der Waals surface area contributed by atoms with Crippen molar-refractivity contribution in [2.75, 3.05) is 18.5 Å². The van der Waals surface area contributed by atoms with Crippen molar-refractivity contribution in [3.05, 3.63) is 42.7 Å². The molecule has 0 unspecified atom stereocenters. The molecule has 3 N–H and O–H groups in total. The number of aromatic nitrogens is 2. The standard InChI is InChI=1S/C15H18N4O3/c20-10-12-8-13(21)9-19(12)15(22)17-14-16-6-7-18(14)11-4-2-1-3-5-11/h1-7,12-13,20-21H,8-10H2,(H,16,17,22)/t12-,13-/m0/s1. The Morgan fingerprint density at radius 1 is 1.36 bits per heavy atom. The zero-order valence-corrected chi connectivity index (χ0v) is 12.0. The van der Waals surface area contributed by atoms with Crippen LogP contribution in [0, 0.1) is 0 Å². The fraction of sp³-hybridized carbons (Fsp3) is 0.333. The first-order valence-electron chi connectivity index (χ1n) is 7.14. The number of amides is 2. The molecule has 0 saturated carbocycles. The van der Waals surface area contributed by atoms with Crippen LogP contribution in [0.3, 0.4) is 0 Å². The summed E-state index contributed by atoms with van der Waals surface area (Å²) in [4.78, 5) is 17.9. The Hall–Kier alpha value is -2.38. The number of imidazole rings is 1. The normalized spacial score (nSPS) is 21.1. The highest BCUT2D eigenvalue weighted by molar-refractivity contribution is 5.88. The van der Waals surface area contributed by atoms with Crippen LogP contribution in [0.25, 0.3) is 5.69 Å². The van der Waals surface area contributed by atoms with Gasteiger partial charge in [-0.3, -0.25) is 9.88 Å². The predicted octanol–water partition coefficient (Wildman–Crippen LogP) is 0.832. The molecule has 1 aromatic heterocycles. The van der Waals surface area contributed by atoms with Gasteiger partial charge in [0.05, 0.1) is 18.8 Å². The number of nitrogens with zero attached hydrogens (tertiary/aromatic N) is 3. The number of carbonyl (C=O) groups excluding carboxylic acids is 1. The lowest BCUT2D eigenvalue weighted by molar-refractivity contribution is 0.164. The van der Waals surface area contributed by atoms with E-state index in [1.807, 2.05) is 30.3 Å². The summed E-state index contributed by atoms with van der Waals surface area (Å²) in [5.41, 5.74) is 0.885. The number of benzene rings is 1. The number of anilines is 1. The van der Waals surface area contributed by atoms with Crippen LogP contribution in [0.15, 0.2) is 42.7 Å². The molecule has 116 valence electrons. The van der Waals surface area contributed by atoms with Crippen molar-refractivity contribution in [3.63, 3.8) is 0 Å². The molecule has 1 aliphatic heterocycles. The monoisotopic (exact) mass is 302 g/mol. The van der Waals surface area contributed by atoms with Gasteiger partial charge in [0.1, 0.15) is 0 Å². The number of aliphatic hydroxyl groups excluding tert-OH is 2. The topological polar surface area (TPSA) is 90.6 Å². The molecule has 1 aromatic carbocycles. The van der Waals surface area contributed by atoms with E-state index in [1.54, 1.807) is 17.0 Å². The summed E-state index contributed by atoms with van der Waals surface area (Å²) in [6, 6.07) is 8.80. The predicted molar refractivity (Wildman–Crippen MR) is 80.8 cm³/mol. The van der Waals surface area contributed by atoms with Gasteiger partial charge in [0.2, 0.25) is 5.95 Å². The molecule has 3 rings (SSSR count). The Bertz CT molecular complexity index is 643. The molecular weight excluding hydrogens is 284 g/mol. The van der Waals surface area contributed by atoms with Crippen molar-refractivity contribution in [2.24, 2.45) is 0 Å². The molecule has 1 aliphatic rings. The van der Waals surface area contributed by atoms with E-state index in [0.717, 1.165) is 5.69 Å². The number of hydrogen-bond donors (Lipinski definition) is 3. The summed E-state index contributed by atoms with van der Waals surface area (Å²) < 4.78 is 1.76. The largest absolute Gasteiger partial charge is 0.394 e. The number of likely N-dealkylation sites (tertiary alicyclic amines) is 1. The summed E-state index contributed by atoms with van der Waals surface area (Å²) in [6.07, 6.45) is 3.15. The first-order valence-corrected chi connectivity index (χ1v) is 7.14. The average Bonchev–Trinajstić information content (AvgIpc) is 3.14. The van der Waals surface area contributed by atoms with Crippen molar-refractivity contribution in [3.8, 4) is 5.69 Å². The van der Waals surface area contributed by atoms with Crippen LogP contribution in [-0.4, -0.2) is 56.0 Å². The van der Waals surface area contributed by atoms with Gasteiger partial charge in [-0.2, -0.15) is 0 Å². The van der Waals surface area contributed by atoms with Crippen molar-refractivity contribution < 1.29 is 15.0 Å². The lowest BCUT2D eigenvalue weighted by atomic mass is 10.2. The van der Waals surface area contributed by atoms with E-state index in [9.17, 15) is 15.0 Å². The van der Waals surface area contributed by atoms with Crippen LogP contribution in [-0.2, 0) is 0 Å². The Morgan fingerprint density at radius 2 is 2.14 bits per heavy atom. The highest BCUT2D eigenvalue weighted by Crippen LogP contribution is 2.20. The van der Waals surface area contributed by atoms with Gasteiger partial charge in [-0.05, 0) is 18.6 Å². The fourth-order valence-electron chi connectivity index (χ4n) is 2.67. The summed E-state index contributed by atoms with van der Waals surface area (Å²) >= 11 is 0. The minimum Gasteiger partial charge on any atom is -0.394 e. The molecule has 0 bridgehead atoms. The van der Waals surface area contributed by atoms with E-state index in [2.05, 4.69) is 10.3 Å². The fourth-order valence-corrected chi connectivity index (χ4v) is 2.67. The summed E-state index contributed by atoms with van der Waals surface area (Å²) in [5.74, 6) is 0.397. The first-order chi connectivity index (χ1) is 10.7. The zero-order valence-electron chi connectivity index (χ0n) is 12.0. The van der Waals surface area contributed by atoms with Crippen LogP contribution >= 0.6 is 0 Å². The van der Waals surface area contributed by atoms with Crippen LogP contribution in [0.4, 0.5) is 10.7 Å². The molecule has 1 saturated heterocycles. The lowest BCUT2D eigenvalue weighted by Gasteiger charge is -2.22. The van der Waals surface area contributed by atoms with Crippen LogP contribution < -0.4 is 5.32 Å².